The summed E-state index contributed by atoms with van der Waals surface area (Å²) < 4.78 is 52.9. The van der Waals surface area contributed by atoms with E-state index in [0.717, 1.165) is 12.1 Å². The monoisotopic (exact) mass is 293 g/mol. The second-order valence-corrected chi connectivity index (χ2v) is 6.24. The van der Waals surface area contributed by atoms with Gasteiger partial charge in [0.05, 0.1) is 0 Å². The van der Waals surface area contributed by atoms with E-state index >= 15 is 0 Å². The van der Waals surface area contributed by atoms with Crippen molar-refractivity contribution in [3.05, 3.63) is 23.8 Å². The van der Waals surface area contributed by atoms with Gasteiger partial charge in [-0.25, -0.2) is 21.9 Å². The number of likely N-dealkylation sites (N-methyl/N-ethyl adjacent to an activating group) is 1. The van der Waals surface area contributed by atoms with Gasteiger partial charge in [-0.1, -0.05) is 0 Å². The Bertz CT molecular complexity index is 561. The van der Waals surface area contributed by atoms with Crippen LogP contribution >= 0.6 is 0 Å². The first-order chi connectivity index (χ1) is 8.65. The summed E-state index contributed by atoms with van der Waals surface area (Å²) in [5, 5.41) is 0. The molecule has 0 amide bonds. The normalized spacial score (nSPS) is 13.8. The zero-order chi connectivity index (χ0) is 14.8. The second-order valence-electron chi connectivity index (χ2n) is 4.56. The number of rotatable bonds is 5. The minimum absolute atomic E-state index is 0.425. The van der Waals surface area contributed by atoms with Crippen LogP contribution in [-0.4, -0.2) is 40.0 Å². The van der Waals surface area contributed by atoms with Gasteiger partial charge in [0.25, 0.3) is 0 Å². The first kappa shape index (κ1) is 15.8. The third kappa shape index (κ3) is 3.85. The molecule has 0 heterocycles. The second kappa shape index (κ2) is 5.81. The van der Waals surface area contributed by atoms with Crippen molar-refractivity contribution in [1.82, 2.24) is 9.62 Å². The molecule has 0 fully saturated rings. The molecular formula is C11H17F2N3O2S. The van der Waals surface area contributed by atoms with Crippen LogP contribution in [0.1, 0.15) is 6.92 Å². The fourth-order valence-corrected chi connectivity index (χ4v) is 2.99. The predicted molar refractivity (Wildman–Crippen MR) is 69.1 cm³/mol. The fraction of sp³-hybridized carbons (Fsp3) is 0.455. The van der Waals surface area contributed by atoms with Crippen molar-refractivity contribution in [2.45, 2.75) is 17.9 Å². The Balaban J connectivity index is 3.05. The summed E-state index contributed by atoms with van der Waals surface area (Å²) in [5.41, 5.74) is 4.34. The van der Waals surface area contributed by atoms with Crippen LogP contribution < -0.4 is 10.5 Å². The Morgan fingerprint density at radius 1 is 1.37 bits per heavy atom. The van der Waals surface area contributed by atoms with E-state index in [2.05, 4.69) is 4.72 Å². The number of anilines is 1. The molecule has 3 N–H and O–H groups in total. The van der Waals surface area contributed by atoms with Crippen LogP contribution in [0.3, 0.4) is 0 Å². The van der Waals surface area contributed by atoms with Crippen LogP contribution in [0.5, 0.6) is 0 Å². The summed E-state index contributed by atoms with van der Waals surface area (Å²) in [6.07, 6.45) is 0. The molecular weight excluding hydrogens is 276 g/mol. The summed E-state index contributed by atoms with van der Waals surface area (Å²) in [6, 6.07) is 1.25. The van der Waals surface area contributed by atoms with Crippen LogP contribution in [0.4, 0.5) is 14.5 Å². The standard InChI is InChI=1S/C11H17F2N3O2S/c1-7(6-16(2)3)15-19(17,18)9-5-4-8(12)11(14)10(9)13/h4-5,7,15H,6,14H2,1-3H3. The maximum absolute atomic E-state index is 13.7. The molecule has 108 valence electrons. The van der Waals surface area contributed by atoms with Crippen molar-refractivity contribution >= 4 is 15.7 Å². The number of sulfonamides is 1. The van der Waals surface area contributed by atoms with Gasteiger partial charge in [-0.3, -0.25) is 0 Å². The molecule has 1 aromatic carbocycles. The van der Waals surface area contributed by atoms with E-state index in [9.17, 15) is 17.2 Å². The molecule has 0 aromatic heterocycles. The zero-order valence-electron chi connectivity index (χ0n) is 10.9. The van der Waals surface area contributed by atoms with Gasteiger partial charge in [-0.05, 0) is 33.2 Å². The Kier molecular flexibility index (Phi) is 4.83. The summed E-state index contributed by atoms with van der Waals surface area (Å²) in [5.74, 6) is -2.26. The van der Waals surface area contributed by atoms with Crippen molar-refractivity contribution in [3.8, 4) is 0 Å². The number of benzene rings is 1. The molecule has 19 heavy (non-hydrogen) atoms. The van der Waals surface area contributed by atoms with Crippen LogP contribution in [0, 0.1) is 11.6 Å². The van der Waals surface area contributed by atoms with Crippen molar-refractivity contribution < 1.29 is 17.2 Å². The van der Waals surface area contributed by atoms with E-state index < -0.39 is 38.3 Å². The van der Waals surface area contributed by atoms with Crippen LogP contribution in [0.15, 0.2) is 17.0 Å². The average molecular weight is 293 g/mol. The van der Waals surface area contributed by atoms with E-state index in [1.54, 1.807) is 25.9 Å². The van der Waals surface area contributed by atoms with Crippen LogP contribution in [0.2, 0.25) is 0 Å². The lowest BCUT2D eigenvalue weighted by atomic mass is 10.3. The van der Waals surface area contributed by atoms with Crippen molar-refractivity contribution in [2.75, 3.05) is 26.4 Å². The maximum Gasteiger partial charge on any atom is 0.243 e. The maximum atomic E-state index is 13.7. The molecule has 1 rings (SSSR count). The summed E-state index contributed by atoms with van der Waals surface area (Å²) in [6.45, 7) is 2.08. The third-order valence-electron chi connectivity index (χ3n) is 2.38. The minimum Gasteiger partial charge on any atom is -0.394 e. The average Bonchev–Trinajstić information content (AvgIpc) is 2.23. The van der Waals surface area contributed by atoms with E-state index in [1.807, 2.05) is 0 Å². The molecule has 1 aromatic rings. The van der Waals surface area contributed by atoms with E-state index in [-0.39, 0.29) is 0 Å². The number of hydrogen-bond acceptors (Lipinski definition) is 4. The molecule has 0 aliphatic heterocycles. The lowest BCUT2D eigenvalue weighted by molar-refractivity contribution is 0.370. The number of nitrogens with one attached hydrogen (secondary N) is 1. The molecule has 0 aliphatic carbocycles. The number of nitrogen functional groups attached to an aromatic ring is 1. The number of nitrogens with two attached hydrogens (primary N) is 1. The Morgan fingerprint density at radius 3 is 2.47 bits per heavy atom. The first-order valence-corrected chi connectivity index (χ1v) is 7.04. The van der Waals surface area contributed by atoms with Crippen molar-refractivity contribution in [2.24, 2.45) is 0 Å². The highest BCUT2D eigenvalue weighted by atomic mass is 32.2. The first-order valence-electron chi connectivity index (χ1n) is 5.55. The molecule has 0 saturated heterocycles. The van der Waals surface area contributed by atoms with Crippen LogP contribution in [-0.2, 0) is 10.0 Å². The van der Waals surface area contributed by atoms with Gasteiger partial charge in [0, 0.05) is 12.6 Å². The quantitative estimate of drug-likeness (QED) is 0.787. The lowest BCUT2D eigenvalue weighted by Gasteiger charge is -2.18. The predicted octanol–water partition coefficient (Wildman–Crippen LogP) is 0.775. The number of nitrogens with zero attached hydrogens (tertiary/aromatic N) is 1. The highest BCUT2D eigenvalue weighted by molar-refractivity contribution is 7.89. The molecule has 8 heteroatoms. The summed E-state index contributed by atoms with van der Waals surface area (Å²) in [7, 11) is -0.515. The highest BCUT2D eigenvalue weighted by Gasteiger charge is 2.24. The topological polar surface area (TPSA) is 75.4 Å². The summed E-state index contributed by atoms with van der Waals surface area (Å²) in [4.78, 5) is 1.12. The van der Waals surface area contributed by atoms with Gasteiger partial charge >= 0.3 is 0 Å². The van der Waals surface area contributed by atoms with Gasteiger partial charge in [0.1, 0.15) is 16.4 Å². The third-order valence-corrected chi connectivity index (χ3v) is 3.98. The molecule has 0 radical (unpaired) electrons. The fourth-order valence-electron chi connectivity index (χ4n) is 1.67. The minimum atomic E-state index is -4.07. The molecule has 0 aliphatic rings. The Labute approximate surface area is 111 Å². The molecule has 0 bridgehead atoms. The van der Waals surface area contributed by atoms with Crippen molar-refractivity contribution in [3.63, 3.8) is 0 Å². The van der Waals surface area contributed by atoms with Gasteiger partial charge in [0.15, 0.2) is 5.82 Å². The largest absolute Gasteiger partial charge is 0.394 e. The smallest absolute Gasteiger partial charge is 0.243 e. The Hall–Kier alpha value is -1.25. The van der Waals surface area contributed by atoms with E-state index in [1.165, 1.54) is 0 Å². The molecule has 0 spiro atoms. The van der Waals surface area contributed by atoms with Crippen LogP contribution in [0.25, 0.3) is 0 Å². The van der Waals surface area contributed by atoms with Gasteiger partial charge in [-0.2, -0.15) is 0 Å². The highest BCUT2D eigenvalue weighted by Crippen LogP contribution is 2.22. The Morgan fingerprint density at radius 2 is 1.95 bits per heavy atom. The molecule has 5 nitrogen and oxygen atoms in total. The lowest BCUT2D eigenvalue weighted by Crippen LogP contribution is -2.39. The van der Waals surface area contributed by atoms with E-state index in [4.69, 9.17) is 5.73 Å². The van der Waals surface area contributed by atoms with Gasteiger partial charge in [-0.15, -0.1) is 0 Å². The summed E-state index contributed by atoms with van der Waals surface area (Å²) >= 11 is 0. The van der Waals surface area contributed by atoms with Gasteiger partial charge < -0.3 is 10.6 Å². The SMILES string of the molecule is CC(CN(C)C)NS(=O)(=O)c1ccc(F)c(N)c1F. The number of hydrogen-bond donors (Lipinski definition) is 2. The molecule has 1 atom stereocenters. The van der Waals surface area contributed by atoms with Crippen molar-refractivity contribution in [1.29, 1.82) is 0 Å². The van der Waals surface area contributed by atoms with E-state index in [0.29, 0.717) is 6.54 Å². The molecule has 0 saturated carbocycles. The zero-order valence-corrected chi connectivity index (χ0v) is 11.8. The molecule has 1 unspecified atom stereocenters. The van der Waals surface area contributed by atoms with Gasteiger partial charge in [0.2, 0.25) is 10.0 Å². The number of halogens is 2.